The Morgan fingerprint density at radius 3 is 2.70 bits per heavy atom. The van der Waals surface area contributed by atoms with E-state index >= 15 is 0 Å². The number of carbonyl (C=O) groups is 1. The summed E-state index contributed by atoms with van der Waals surface area (Å²) in [6.07, 6.45) is -2.20. The van der Waals surface area contributed by atoms with Crippen LogP contribution in [0.25, 0.3) is 0 Å². The second-order valence-electron chi connectivity index (χ2n) is 3.64. The number of rotatable bonds is 5. The van der Waals surface area contributed by atoms with Gasteiger partial charge in [0.15, 0.2) is 0 Å². The van der Waals surface area contributed by atoms with Crippen molar-refractivity contribution >= 4 is 35.7 Å². The molecule has 0 aliphatic carbocycles. The Labute approximate surface area is 125 Å². The summed E-state index contributed by atoms with van der Waals surface area (Å²) in [5.41, 5.74) is 4.98. The number of ether oxygens (including phenoxy) is 1. The number of carbonyl (C=O) groups excluding carboxylic acids is 1. The van der Waals surface area contributed by atoms with Crippen molar-refractivity contribution in [2.24, 2.45) is 5.73 Å². The summed E-state index contributed by atoms with van der Waals surface area (Å²) < 4.78 is 18.3. The molecule has 0 aromatic heterocycles. The first-order chi connectivity index (χ1) is 8.88. The lowest BCUT2D eigenvalue weighted by molar-refractivity contribution is -0.385. The van der Waals surface area contributed by atoms with Crippen LogP contribution in [0.1, 0.15) is 18.5 Å². The minimum atomic E-state index is -2.20. The van der Waals surface area contributed by atoms with Crippen molar-refractivity contribution in [2.75, 3.05) is 6.61 Å². The Bertz CT molecular complexity index is 501. The van der Waals surface area contributed by atoms with Crippen molar-refractivity contribution in [3.05, 3.63) is 38.9 Å². The fourth-order valence-electron chi connectivity index (χ4n) is 1.48. The van der Waals surface area contributed by atoms with Crippen LogP contribution in [0.5, 0.6) is 0 Å². The van der Waals surface area contributed by atoms with E-state index in [0.717, 1.165) is 12.1 Å². The zero-order valence-corrected chi connectivity index (χ0v) is 12.0. The monoisotopic (exact) mass is 326 g/mol. The maximum absolute atomic E-state index is 13.8. The molecule has 9 heteroatoms. The summed E-state index contributed by atoms with van der Waals surface area (Å²) in [5, 5.41) is 11.0. The SMILES string of the molecule is CCOC(=O)C(F)[C@H](N)c1cc(Cl)ccc1[N+](=O)[O-].Cl. The van der Waals surface area contributed by atoms with Crippen molar-refractivity contribution in [2.45, 2.75) is 19.1 Å². The molecule has 0 radical (unpaired) electrons. The van der Waals surface area contributed by atoms with Crippen molar-refractivity contribution in [1.29, 1.82) is 0 Å². The molecule has 0 amide bonds. The first-order valence-electron chi connectivity index (χ1n) is 5.38. The van der Waals surface area contributed by atoms with Crippen LogP contribution in [0.15, 0.2) is 18.2 Å². The summed E-state index contributed by atoms with van der Waals surface area (Å²) in [4.78, 5) is 21.3. The molecule has 2 N–H and O–H groups in total. The second kappa shape index (κ2) is 7.98. The van der Waals surface area contributed by atoms with Crippen molar-refractivity contribution in [3.8, 4) is 0 Å². The number of nitro groups is 1. The van der Waals surface area contributed by atoms with E-state index in [2.05, 4.69) is 4.74 Å². The van der Waals surface area contributed by atoms with Crippen LogP contribution in [0, 0.1) is 10.1 Å². The van der Waals surface area contributed by atoms with Gasteiger partial charge < -0.3 is 10.5 Å². The molecule has 0 aliphatic heterocycles. The van der Waals surface area contributed by atoms with Crippen LogP contribution in [0.3, 0.4) is 0 Å². The highest BCUT2D eigenvalue weighted by molar-refractivity contribution is 6.30. The smallest absolute Gasteiger partial charge is 0.342 e. The van der Waals surface area contributed by atoms with E-state index in [1.807, 2.05) is 0 Å². The summed E-state index contributed by atoms with van der Waals surface area (Å²) in [6.45, 7) is 1.50. The van der Waals surface area contributed by atoms with Gasteiger partial charge in [0.2, 0.25) is 6.17 Å². The third-order valence-electron chi connectivity index (χ3n) is 2.37. The Kier molecular flexibility index (Phi) is 7.41. The predicted molar refractivity (Wildman–Crippen MR) is 73.8 cm³/mol. The molecule has 0 saturated heterocycles. The third-order valence-corrected chi connectivity index (χ3v) is 2.61. The fourth-order valence-corrected chi connectivity index (χ4v) is 1.67. The van der Waals surface area contributed by atoms with Gasteiger partial charge in [-0.2, -0.15) is 0 Å². The Morgan fingerprint density at radius 1 is 1.60 bits per heavy atom. The fraction of sp³-hybridized carbons (Fsp3) is 0.364. The molecule has 20 heavy (non-hydrogen) atoms. The van der Waals surface area contributed by atoms with E-state index < -0.39 is 28.8 Å². The predicted octanol–water partition coefficient (Wildman–Crippen LogP) is 2.57. The van der Waals surface area contributed by atoms with E-state index in [4.69, 9.17) is 17.3 Å². The van der Waals surface area contributed by atoms with Gasteiger partial charge >= 0.3 is 5.97 Å². The molecule has 1 aromatic carbocycles. The number of alkyl halides is 1. The number of hydrogen-bond acceptors (Lipinski definition) is 5. The van der Waals surface area contributed by atoms with E-state index in [9.17, 15) is 19.3 Å². The highest BCUT2D eigenvalue weighted by Crippen LogP contribution is 2.30. The van der Waals surface area contributed by atoms with Crippen molar-refractivity contribution < 1.29 is 18.8 Å². The molecule has 0 aliphatic rings. The lowest BCUT2D eigenvalue weighted by atomic mass is 10.0. The van der Waals surface area contributed by atoms with Crippen molar-refractivity contribution in [3.63, 3.8) is 0 Å². The zero-order valence-electron chi connectivity index (χ0n) is 10.4. The standard InChI is InChI=1S/C11H12ClFN2O4.ClH/c1-2-19-11(16)9(13)10(14)7-5-6(12)3-4-8(7)15(17)18;/h3-5,9-10H,2,14H2,1H3;1H/t9?,10-;/m1./s1. The number of benzene rings is 1. The minimum absolute atomic E-state index is 0. The highest BCUT2D eigenvalue weighted by atomic mass is 35.5. The molecular weight excluding hydrogens is 314 g/mol. The van der Waals surface area contributed by atoms with E-state index in [0.29, 0.717) is 0 Å². The number of hydrogen-bond donors (Lipinski definition) is 1. The zero-order chi connectivity index (χ0) is 14.6. The second-order valence-corrected chi connectivity index (χ2v) is 4.08. The van der Waals surface area contributed by atoms with Gasteiger partial charge in [-0.15, -0.1) is 12.4 Å². The first kappa shape index (κ1) is 18.6. The van der Waals surface area contributed by atoms with Gasteiger partial charge in [-0.3, -0.25) is 10.1 Å². The molecule has 1 unspecified atom stereocenters. The van der Waals surface area contributed by atoms with Gasteiger partial charge in [-0.05, 0) is 19.1 Å². The van der Waals surface area contributed by atoms with Crippen molar-refractivity contribution in [1.82, 2.24) is 0 Å². The Balaban J connectivity index is 0.00000361. The molecule has 0 spiro atoms. The van der Waals surface area contributed by atoms with E-state index in [-0.39, 0.29) is 29.6 Å². The molecule has 0 bridgehead atoms. The molecule has 6 nitrogen and oxygen atoms in total. The lowest BCUT2D eigenvalue weighted by Gasteiger charge is -2.16. The Morgan fingerprint density at radius 2 is 2.20 bits per heavy atom. The van der Waals surface area contributed by atoms with Crippen LogP contribution >= 0.6 is 24.0 Å². The lowest BCUT2D eigenvalue weighted by Crippen LogP contribution is -2.32. The summed E-state index contributed by atoms with van der Waals surface area (Å²) in [5.74, 6) is -1.16. The van der Waals surface area contributed by atoms with E-state index in [1.165, 1.54) is 13.0 Å². The summed E-state index contributed by atoms with van der Waals surface area (Å²) >= 11 is 5.69. The maximum Gasteiger partial charge on any atom is 0.342 e. The number of nitrogens with zero attached hydrogens (tertiary/aromatic N) is 1. The van der Waals surface area contributed by atoms with Crippen LogP contribution in [0.4, 0.5) is 10.1 Å². The van der Waals surface area contributed by atoms with Gasteiger partial charge in [0, 0.05) is 11.1 Å². The van der Waals surface area contributed by atoms with Crippen LogP contribution in [0.2, 0.25) is 5.02 Å². The van der Waals surface area contributed by atoms with Gasteiger partial charge in [-0.25, -0.2) is 9.18 Å². The van der Waals surface area contributed by atoms with Gasteiger partial charge in [-0.1, -0.05) is 11.6 Å². The molecule has 1 rings (SSSR count). The Hall–Kier alpha value is -1.44. The van der Waals surface area contributed by atoms with Crippen LogP contribution in [-0.4, -0.2) is 23.7 Å². The average Bonchev–Trinajstić information content (AvgIpc) is 2.36. The minimum Gasteiger partial charge on any atom is -0.464 e. The van der Waals surface area contributed by atoms with Crippen LogP contribution in [-0.2, 0) is 9.53 Å². The van der Waals surface area contributed by atoms with E-state index in [1.54, 1.807) is 0 Å². The van der Waals surface area contributed by atoms with Gasteiger partial charge in [0.1, 0.15) is 0 Å². The number of esters is 1. The molecule has 0 heterocycles. The average molecular weight is 327 g/mol. The summed E-state index contributed by atoms with van der Waals surface area (Å²) in [6, 6.07) is 2.04. The number of nitrogens with two attached hydrogens (primary N) is 1. The third kappa shape index (κ3) is 4.29. The number of nitro benzene ring substituents is 1. The van der Waals surface area contributed by atoms with Gasteiger partial charge in [0.05, 0.1) is 23.1 Å². The first-order valence-corrected chi connectivity index (χ1v) is 5.76. The topological polar surface area (TPSA) is 95.5 Å². The van der Waals surface area contributed by atoms with Crippen LogP contribution < -0.4 is 5.73 Å². The number of halogens is 3. The molecular formula is C11H13Cl2FN2O4. The quantitative estimate of drug-likeness (QED) is 0.509. The molecule has 2 atom stereocenters. The molecule has 112 valence electrons. The maximum atomic E-state index is 13.8. The largest absolute Gasteiger partial charge is 0.464 e. The van der Waals surface area contributed by atoms with Gasteiger partial charge in [0.25, 0.3) is 5.69 Å². The molecule has 0 fully saturated rings. The summed E-state index contributed by atoms with van der Waals surface area (Å²) in [7, 11) is 0. The highest BCUT2D eigenvalue weighted by Gasteiger charge is 2.32. The molecule has 0 saturated carbocycles. The normalized spacial score (nSPS) is 13.0. The molecule has 1 aromatic rings.